The maximum Gasteiger partial charge on any atom is 0.243 e. The molecule has 12 nitrogen and oxygen atoms in total. The minimum absolute atomic E-state index is 0.118. The Labute approximate surface area is 342 Å². The van der Waals surface area contributed by atoms with E-state index in [1.54, 1.807) is 27.7 Å². The van der Waals surface area contributed by atoms with Crippen molar-refractivity contribution in [3.63, 3.8) is 0 Å². The van der Waals surface area contributed by atoms with Crippen LogP contribution >= 0.6 is 0 Å². The van der Waals surface area contributed by atoms with E-state index in [0.717, 1.165) is 22.3 Å². The van der Waals surface area contributed by atoms with Crippen LogP contribution in [-0.4, -0.2) is 82.3 Å². The Morgan fingerprint density at radius 3 is 0.948 bits per heavy atom. The van der Waals surface area contributed by atoms with Crippen LogP contribution in [0.5, 0.6) is 0 Å². The zero-order valence-corrected chi connectivity index (χ0v) is 33.8. The maximum atomic E-state index is 14.0. The number of hydrogen-bond donors (Lipinski definition) is 8. The number of nitrogens with one attached hydrogen (secondary N) is 4. The third-order valence-electron chi connectivity index (χ3n) is 10.2. The van der Waals surface area contributed by atoms with Gasteiger partial charge in [0.1, 0.15) is 24.3 Å². The summed E-state index contributed by atoms with van der Waals surface area (Å²) in [5.74, 6) is -2.86. The number of amides is 4. The predicted molar refractivity (Wildman–Crippen MR) is 226 cm³/mol. The lowest BCUT2D eigenvalue weighted by molar-refractivity contribution is -0.133. The molecule has 12 heteroatoms. The average Bonchev–Trinajstić information content (AvgIpc) is 3.21. The van der Waals surface area contributed by atoms with Crippen molar-refractivity contribution in [2.24, 2.45) is 23.3 Å². The molecule has 0 saturated heterocycles. The Morgan fingerprint density at radius 2 is 0.690 bits per heavy atom. The molecular formula is C46H60N6O6. The van der Waals surface area contributed by atoms with E-state index in [1.165, 1.54) is 0 Å². The molecule has 0 aliphatic rings. The van der Waals surface area contributed by atoms with E-state index in [-0.39, 0.29) is 37.5 Å². The highest BCUT2D eigenvalue weighted by molar-refractivity contribution is 5.91. The van der Waals surface area contributed by atoms with Crippen molar-refractivity contribution in [3.8, 4) is 0 Å². The third kappa shape index (κ3) is 13.9. The van der Waals surface area contributed by atoms with Crippen molar-refractivity contribution in [2.75, 3.05) is 0 Å². The van der Waals surface area contributed by atoms with Gasteiger partial charge in [-0.05, 0) is 59.8 Å². The Kier molecular flexibility index (Phi) is 17.6. The van der Waals surface area contributed by atoms with Gasteiger partial charge in [0, 0.05) is 0 Å². The first kappa shape index (κ1) is 45.3. The summed E-state index contributed by atoms with van der Waals surface area (Å²) in [6, 6.07) is 31.0. The van der Waals surface area contributed by atoms with Crippen molar-refractivity contribution in [2.45, 2.75) is 102 Å². The second kappa shape index (κ2) is 22.5. The second-order valence-electron chi connectivity index (χ2n) is 15.6. The van der Waals surface area contributed by atoms with Crippen LogP contribution in [0.15, 0.2) is 121 Å². The van der Waals surface area contributed by atoms with Gasteiger partial charge in [0.2, 0.25) is 23.6 Å². The Bertz CT molecular complexity index is 1730. The zero-order chi connectivity index (χ0) is 42.2. The molecule has 0 unspecified atom stereocenters. The lowest BCUT2D eigenvalue weighted by atomic mass is 9.90. The summed E-state index contributed by atoms with van der Waals surface area (Å²) in [5.41, 5.74) is 15.8. The number of carbonyl (C=O) groups is 4. The lowest BCUT2D eigenvalue weighted by Gasteiger charge is -2.35. The van der Waals surface area contributed by atoms with Crippen LogP contribution in [0.2, 0.25) is 0 Å². The van der Waals surface area contributed by atoms with E-state index in [9.17, 15) is 29.4 Å². The Hall–Kier alpha value is -5.40. The molecule has 0 radical (unpaired) electrons. The van der Waals surface area contributed by atoms with Crippen molar-refractivity contribution in [3.05, 3.63) is 144 Å². The van der Waals surface area contributed by atoms with Crippen LogP contribution < -0.4 is 32.7 Å². The molecule has 0 bridgehead atoms. The van der Waals surface area contributed by atoms with E-state index in [0.29, 0.717) is 0 Å². The fourth-order valence-electron chi connectivity index (χ4n) is 6.78. The van der Waals surface area contributed by atoms with Crippen LogP contribution in [0.1, 0.15) is 49.9 Å². The molecule has 0 aliphatic carbocycles. The largest absolute Gasteiger partial charge is 0.388 e. The first-order valence-corrected chi connectivity index (χ1v) is 20.0. The molecule has 0 aliphatic heterocycles. The van der Waals surface area contributed by atoms with Gasteiger partial charge in [0.25, 0.3) is 0 Å². The molecule has 0 heterocycles. The fraction of sp³-hybridized carbons (Fsp3) is 0.391. The second-order valence-corrected chi connectivity index (χ2v) is 15.6. The van der Waals surface area contributed by atoms with Gasteiger partial charge in [-0.15, -0.1) is 0 Å². The van der Waals surface area contributed by atoms with Crippen LogP contribution in [0.4, 0.5) is 0 Å². The number of rotatable bonds is 21. The van der Waals surface area contributed by atoms with Gasteiger partial charge in [-0.1, -0.05) is 149 Å². The number of carbonyl (C=O) groups excluding carboxylic acids is 4. The molecule has 0 aromatic heterocycles. The topological polar surface area (TPSA) is 209 Å². The van der Waals surface area contributed by atoms with Gasteiger partial charge in [-0.3, -0.25) is 19.2 Å². The Balaban J connectivity index is 1.56. The van der Waals surface area contributed by atoms with Gasteiger partial charge in [0.15, 0.2) is 0 Å². The molecule has 4 aromatic carbocycles. The summed E-state index contributed by atoms with van der Waals surface area (Å²) < 4.78 is 0. The fourth-order valence-corrected chi connectivity index (χ4v) is 6.78. The molecule has 4 aromatic rings. The van der Waals surface area contributed by atoms with E-state index < -0.39 is 72.1 Å². The molecule has 4 rings (SSSR count). The number of benzene rings is 4. The molecule has 310 valence electrons. The first-order valence-electron chi connectivity index (χ1n) is 20.0. The molecule has 8 atom stereocenters. The molecule has 4 amide bonds. The van der Waals surface area contributed by atoms with Crippen LogP contribution in [0.25, 0.3) is 0 Å². The van der Waals surface area contributed by atoms with Crippen molar-refractivity contribution < 1.29 is 29.4 Å². The van der Waals surface area contributed by atoms with Crippen LogP contribution in [-0.2, 0) is 44.9 Å². The minimum atomic E-state index is -1.60. The molecular weight excluding hydrogens is 733 g/mol. The number of aliphatic hydroxyl groups is 2. The summed E-state index contributed by atoms with van der Waals surface area (Å²) in [6.45, 7) is 7.15. The zero-order valence-electron chi connectivity index (χ0n) is 33.8. The average molecular weight is 793 g/mol. The highest BCUT2D eigenvalue weighted by Crippen LogP contribution is 2.17. The molecule has 0 spiro atoms. The van der Waals surface area contributed by atoms with Gasteiger partial charge in [-0.2, -0.15) is 0 Å². The van der Waals surface area contributed by atoms with E-state index >= 15 is 0 Å². The third-order valence-corrected chi connectivity index (χ3v) is 10.2. The molecule has 0 saturated carbocycles. The van der Waals surface area contributed by atoms with Gasteiger partial charge in [0.05, 0.1) is 24.2 Å². The van der Waals surface area contributed by atoms with Gasteiger partial charge in [-0.25, -0.2) is 0 Å². The monoisotopic (exact) mass is 792 g/mol. The summed E-state index contributed by atoms with van der Waals surface area (Å²) >= 11 is 0. The standard InChI is InChI=1S/C46H60N6O6/c1-29(2)39(51-43(55)35(47)25-31-17-9-5-10-18-31)45(57)49-37(27-33-21-13-7-14-22-33)41(53)42(54)38(28-34-23-15-8-16-24-34)50-46(58)40(30(3)4)52-44(56)36(48)26-32-19-11-6-12-20-32/h5-24,29-30,35-42,53-54H,25-28,47-48H2,1-4H3,(H,49,57)(H,50,58)(H,51,55)(H,52,56)/t35-,36-,37-,38-,39-,40-,41+,42+/m0/s1. The maximum absolute atomic E-state index is 14.0. The Morgan fingerprint density at radius 1 is 0.431 bits per heavy atom. The van der Waals surface area contributed by atoms with Crippen LogP contribution in [0.3, 0.4) is 0 Å². The van der Waals surface area contributed by atoms with Crippen molar-refractivity contribution >= 4 is 23.6 Å². The van der Waals surface area contributed by atoms with E-state index in [4.69, 9.17) is 11.5 Å². The first-order chi connectivity index (χ1) is 27.7. The number of aliphatic hydroxyl groups excluding tert-OH is 2. The van der Waals surface area contributed by atoms with Gasteiger partial charge >= 0.3 is 0 Å². The number of hydrogen-bond acceptors (Lipinski definition) is 8. The summed E-state index contributed by atoms with van der Waals surface area (Å²) in [6.07, 6.45) is -2.42. The molecule has 58 heavy (non-hydrogen) atoms. The lowest BCUT2D eigenvalue weighted by Crippen LogP contribution is -2.62. The van der Waals surface area contributed by atoms with E-state index in [1.807, 2.05) is 121 Å². The quantitative estimate of drug-likeness (QED) is 0.0628. The van der Waals surface area contributed by atoms with Crippen molar-refractivity contribution in [1.29, 1.82) is 0 Å². The predicted octanol–water partition coefficient (Wildman–Crippen LogP) is 2.58. The smallest absolute Gasteiger partial charge is 0.243 e. The summed E-state index contributed by atoms with van der Waals surface area (Å²) in [5, 5.41) is 35.4. The highest BCUT2D eigenvalue weighted by Gasteiger charge is 2.38. The summed E-state index contributed by atoms with van der Waals surface area (Å²) in [4.78, 5) is 54.6. The molecule has 0 fully saturated rings. The highest BCUT2D eigenvalue weighted by atomic mass is 16.3. The van der Waals surface area contributed by atoms with Crippen molar-refractivity contribution in [1.82, 2.24) is 21.3 Å². The van der Waals surface area contributed by atoms with Crippen LogP contribution in [0, 0.1) is 11.8 Å². The summed E-state index contributed by atoms with van der Waals surface area (Å²) in [7, 11) is 0. The SMILES string of the molecule is CC(C)[C@H](NC(=O)[C@@H](N)Cc1ccccc1)C(=O)N[C@@H](Cc1ccccc1)[C@@H](O)[C@H](O)[C@H](Cc1ccccc1)NC(=O)[C@@H](NC(=O)[C@@H](N)Cc1ccccc1)C(C)C. The van der Waals surface area contributed by atoms with Gasteiger partial charge < -0.3 is 42.9 Å². The normalized spacial score (nSPS) is 15.6. The number of nitrogens with two attached hydrogens (primary N) is 2. The van der Waals surface area contributed by atoms with E-state index in [2.05, 4.69) is 21.3 Å². The minimum Gasteiger partial charge on any atom is -0.388 e. The molecule has 10 N–H and O–H groups in total.